The van der Waals surface area contributed by atoms with Gasteiger partial charge in [-0.2, -0.15) is 0 Å². The van der Waals surface area contributed by atoms with E-state index in [-0.39, 0.29) is 6.54 Å². The number of hydrogen-bond donors (Lipinski definition) is 3. The van der Waals surface area contributed by atoms with E-state index >= 15 is 0 Å². The predicted octanol–water partition coefficient (Wildman–Crippen LogP) is 2.54. The van der Waals surface area contributed by atoms with Gasteiger partial charge in [0.1, 0.15) is 23.7 Å². The van der Waals surface area contributed by atoms with Gasteiger partial charge in [0.2, 0.25) is 0 Å². The van der Waals surface area contributed by atoms with Crippen LogP contribution in [0.1, 0.15) is 24.5 Å². The fourth-order valence-corrected chi connectivity index (χ4v) is 4.03. The molecule has 4 heterocycles. The van der Waals surface area contributed by atoms with Crippen LogP contribution < -0.4 is 20.9 Å². The highest BCUT2D eigenvalue weighted by Gasteiger charge is 2.17. The molecule has 178 valence electrons. The first-order valence-electron chi connectivity index (χ1n) is 11.1. The molecule has 0 aliphatic carbocycles. The minimum Gasteiger partial charge on any atom is -0.359 e. The highest BCUT2D eigenvalue weighted by Crippen LogP contribution is 2.23. The highest BCUT2D eigenvalue weighted by molar-refractivity contribution is 7.16. The van der Waals surface area contributed by atoms with E-state index in [0.29, 0.717) is 28.9 Å². The van der Waals surface area contributed by atoms with Gasteiger partial charge in [-0.1, -0.05) is 42.2 Å². The van der Waals surface area contributed by atoms with Gasteiger partial charge in [0, 0.05) is 44.7 Å². The first-order valence-corrected chi connectivity index (χ1v) is 12.0. The number of nitrogens with one attached hydrogen (secondary N) is 3. The van der Waals surface area contributed by atoms with E-state index in [1.54, 1.807) is 18.6 Å². The van der Waals surface area contributed by atoms with E-state index in [9.17, 15) is 4.79 Å². The van der Waals surface area contributed by atoms with Crippen molar-refractivity contribution in [2.45, 2.75) is 20.3 Å². The second kappa shape index (κ2) is 11.4. The van der Waals surface area contributed by atoms with E-state index in [2.05, 4.69) is 64.6 Å². The van der Waals surface area contributed by atoms with Crippen LogP contribution in [0.15, 0.2) is 29.2 Å². The number of amides is 2. The minimum absolute atomic E-state index is 0.186. The number of piperazine rings is 1. The van der Waals surface area contributed by atoms with E-state index in [0.717, 1.165) is 43.4 Å². The Labute approximate surface area is 202 Å². The summed E-state index contributed by atoms with van der Waals surface area (Å²) in [6.45, 7) is 9.36. The van der Waals surface area contributed by atoms with Crippen LogP contribution in [0.2, 0.25) is 0 Å². The van der Waals surface area contributed by atoms with Crippen molar-refractivity contribution in [3.05, 3.63) is 35.3 Å². The van der Waals surface area contributed by atoms with Crippen molar-refractivity contribution in [3.8, 4) is 11.8 Å². The van der Waals surface area contributed by atoms with Crippen LogP contribution in [0.4, 0.5) is 27.4 Å². The number of thiazole rings is 1. The summed E-state index contributed by atoms with van der Waals surface area (Å²) in [6, 6.07) is 3.23. The summed E-state index contributed by atoms with van der Waals surface area (Å²) in [7, 11) is 0. The number of carbonyl (C=O) groups is 1. The number of likely N-dealkylation sites (N-methyl/N-ethyl adjacent to an activating group) is 1. The zero-order valence-electron chi connectivity index (χ0n) is 19.2. The van der Waals surface area contributed by atoms with Gasteiger partial charge in [-0.3, -0.25) is 5.32 Å². The molecule has 12 heteroatoms. The maximum Gasteiger partial charge on any atom is 0.321 e. The third kappa shape index (κ3) is 6.43. The molecule has 0 spiro atoms. The van der Waals surface area contributed by atoms with Crippen LogP contribution >= 0.6 is 11.3 Å². The largest absolute Gasteiger partial charge is 0.359 e. The van der Waals surface area contributed by atoms with Crippen molar-refractivity contribution in [2.75, 3.05) is 54.8 Å². The summed E-state index contributed by atoms with van der Waals surface area (Å²) in [4.78, 5) is 30.5. The lowest BCUT2D eigenvalue weighted by molar-refractivity contribution is 0.253. The van der Waals surface area contributed by atoms with E-state index in [1.165, 1.54) is 11.3 Å². The molecule has 0 aromatic carbocycles. The van der Waals surface area contributed by atoms with Gasteiger partial charge in [-0.25, -0.2) is 19.7 Å². The predicted molar refractivity (Wildman–Crippen MR) is 132 cm³/mol. The fourth-order valence-electron chi connectivity index (χ4n) is 3.34. The van der Waals surface area contributed by atoms with Crippen molar-refractivity contribution in [1.82, 2.24) is 30.3 Å². The molecule has 0 saturated carbocycles. The standard InChI is InChI=1S/C22H27N9O2S/c1-3-16-12-19(29-33-16)27-21(32)23-7-5-6-17-14-24-22(34-17)28-18-13-20(26-15-25-18)31-10-8-30(4-2)9-11-31/h12-15H,3-4,7-11H2,1-2H3,(H2,23,27,29,32)(H,24,25,26,28). The monoisotopic (exact) mass is 481 g/mol. The maximum absolute atomic E-state index is 11.9. The molecule has 1 aliphatic rings. The van der Waals surface area contributed by atoms with Crippen LogP contribution in [-0.2, 0) is 6.42 Å². The quantitative estimate of drug-likeness (QED) is 0.437. The third-order valence-corrected chi connectivity index (χ3v) is 6.06. The number of rotatable bonds is 7. The van der Waals surface area contributed by atoms with Crippen molar-refractivity contribution in [2.24, 2.45) is 0 Å². The average molecular weight is 482 g/mol. The van der Waals surface area contributed by atoms with Crippen LogP contribution in [0, 0.1) is 11.8 Å². The van der Waals surface area contributed by atoms with Gasteiger partial charge < -0.3 is 25.0 Å². The molecule has 3 aromatic heterocycles. The average Bonchev–Trinajstić information content (AvgIpc) is 3.51. The molecule has 34 heavy (non-hydrogen) atoms. The van der Waals surface area contributed by atoms with Crippen molar-refractivity contribution in [1.29, 1.82) is 0 Å². The Balaban J connectivity index is 1.25. The molecule has 4 rings (SSSR count). The highest BCUT2D eigenvalue weighted by atomic mass is 32.1. The van der Waals surface area contributed by atoms with Gasteiger partial charge in [-0.15, -0.1) is 0 Å². The Hall–Kier alpha value is -3.69. The van der Waals surface area contributed by atoms with Crippen molar-refractivity contribution in [3.63, 3.8) is 0 Å². The summed E-state index contributed by atoms with van der Waals surface area (Å²) in [5.74, 6) is 8.59. The molecule has 11 nitrogen and oxygen atoms in total. The number of nitrogens with zero attached hydrogens (tertiary/aromatic N) is 6. The van der Waals surface area contributed by atoms with Gasteiger partial charge in [0.15, 0.2) is 10.9 Å². The Morgan fingerprint density at radius 2 is 2.00 bits per heavy atom. The van der Waals surface area contributed by atoms with Crippen molar-refractivity contribution >= 4 is 40.0 Å². The zero-order valence-corrected chi connectivity index (χ0v) is 20.0. The first kappa shape index (κ1) is 23.5. The minimum atomic E-state index is -0.396. The fraction of sp³-hybridized carbons (Fsp3) is 0.409. The second-order valence-corrected chi connectivity index (χ2v) is 8.51. The molecule has 3 aromatic rings. The molecule has 1 saturated heterocycles. The molecule has 0 unspecified atom stereocenters. The number of anilines is 4. The summed E-state index contributed by atoms with van der Waals surface area (Å²) >= 11 is 1.41. The number of urea groups is 1. The summed E-state index contributed by atoms with van der Waals surface area (Å²) in [5, 5.41) is 12.9. The molecule has 0 radical (unpaired) electrons. The van der Waals surface area contributed by atoms with Crippen LogP contribution in [0.3, 0.4) is 0 Å². The van der Waals surface area contributed by atoms with Gasteiger partial charge in [0.05, 0.1) is 17.6 Å². The number of hydrogen-bond acceptors (Lipinski definition) is 10. The molecule has 0 bridgehead atoms. The summed E-state index contributed by atoms with van der Waals surface area (Å²) < 4.78 is 5.04. The van der Waals surface area contributed by atoms with Crippen LogP contribution in [0.5, 0.6) is 0 Å². The molecule has 1 fully saturated rings. The van der Waals surface area contributed by atoms with Gasteiger partial charge >= 0.3 is 6.03 Å². The first-order chi connectivity index (χ1) is 16.6. The number of carbonyl (C=O) groups excluding carboxylic acids is 1. The van der Waals surface area contributed by atoms with Crippen molar-refractivity contribution < 1.29 is 9.32 Å². The normalized spacial score (nSPS) is 13.8. The SMILES string of the molecule is CCc1cc(NC(=O)NCC#Cc2cnc(Nc3cc(N4CCN(CC)CC4)ncn3)s2)no1. The Morgan fingerprint density at radius 1 is 1.15 bits per heavy atom. The topological polar surface area (TPSA) is 124 Å². The Bertz CT molecular complexity index is 1160. The third-order valence-electron chi connectivity index (χ3n) is 5.23. The molecular weight excluding hydrogens is 454 g/mol. The van der Waals surface area contributed by atoms with E-state index in [1.807, 2.05) is 13.0 Å². The number of aryl methyl sites for hydroxylation is 1. The smallest absolute Gasteiger partial charge is 0.321 e. The molecule has 0 atom stereocenters. The summed E-state index contributed by atoms with van der Waals surface area (Å²) in [5.41, 5.74) is 0. The van der Waals surface area contributed by atoms with Crippen LogP contribution in [-0.4, -0.2) is 70.3 Å². The maximum atomic E-state index is 11.9. The van der Waals surface area contributed by atoms with E-state index < -0.39 is 6.03 Å². The lowest BCUT2D eigenvalue weighted by Gasteiger charge is -2.34. The number of aromatic nitrogens is 4. The second-order valence-electron chi connectivity index (χ2n) is 7.48. The molecule has 3 N–H and O–H groups in total. The molecule has 1 aliphatic heterocycles. The zero-order chi connectivity index (χ0) is 23.8. The lowest BCUT2D eigenvalue weighted by atomic mass is 10.3. The summed E-state index contributed by atoms with van der Waals surface area (Å²) in [6.07, 6.45) is 3.97. The Kier molecular flexibility index (Phi) is 7.90. The van der Waals surface area contributed by atoms with Gasteiger partial charge in [-0.05, 0) is 6.54 Å². The Morgan fingerprint density at radius 3 is 2.76 bits per heavy atom. The molecule has 2 amide bonds. The molecular formula is C22H27N9O2S. The van der Waals surface area contributed by atoms with Gasteiger partial charge in [0.25, 0.3) is 0 Å². The lowest BCUT2D eigenvalue weighted by Crippen LogP contribution is -2.46. The van der Waals surface area contributed by atoms with E-state index in [4.69, 9.17) is 4.52 Å². The van der Waals surface area contributed by atoms with Crippen LogP contribution in [0.25, 0.3) is 0 Å².